The number of rotatable bonds is 4. The third kappa shape index (κ3) is 5.28. The molecule has 8 heteroatoms. The van der Waals surface area contributed by atoms with E-state index in [1.54, 1.807) is 0 Å². The Morgan fingerprint density at radius 2 is 2.09 bits per heavy atom. The van der Waals surface area contributed by atoms with Gasteiger partial charge in [-0.15, -0.1) is 11.6 Å². The molecule has 68 valence electrons. The van der Waals surface area contributed by atoms with Crippen LogP contribution in [0, 0.1) is 0 Å². The zero-order valence-electron chi connectivity index (χ0n) is 5.39. The monoisotopic (exact) mass is 244 g/mol. The predicted molar refractivity (Wildman–Crippen MR) is 43.9 cm³/mol. The van der Waals surface area contributed by atoms with Crippen molar-refractivity contribution in [1.29, 1.82) is 0 Å². The average molecular weight is 245 g/mol. The molecular weight excluding hydrogens is 240 g/mol. The Hall–Kier alpha value is 1.01. The summed E-state index contributed by atoms with van der Waals surface area (Å²) in [5.74, 6) is -4.34. The Kier molecular flexibility index (Phi) is 4.70. The van der Waals surface area contributed by atoms with Crippen LogP contribution in [0.5, 0.6) is 0 Å². The topological polar surface area (TPSA) is 18.5 Å². The van der Waals surface area contributed by atoms with Crippen LogP contribution in [0.1, 0.15) is 0 Å². The summed E-state index contributed by atoms with van der Waals surface area (Å²) >= 11 is 14.4. The summed E-state index contributed by atoms with van der Waals surface area (Å²) in [6, 6.07) is 0. The Morgan fingerprint density at radius 3 is 2.36 bits per heavy atom. The SMILES string of the molecule is COP(=S)(Cl)OC(F)(F)CCl. The number of halogens is 4. The average Bonchev–Trinajstić information content (AvgIpc) is 1.86. The molecule has 0 aliphatic rings. The minimum absolute atomic E-state index is 0.999. The molecule has 0 bridgehead atoms. The molecule has 0 aliphatic heterocycles. The quantitative estimate of drug-likeness (QED) is 0.560. The van der Waals surface area contributed by atoms with Crippen LogP contribution in [0.2, 0.25) is 0 Å². The third-order valence-electron chi connectivity index (χ3n) is 0.616. The first-order chi connectivity index (χ1) is 4.83. The molecular formula is C3H5Cl2F2O2PS. The molecule has 2 nitrogen and oxygen atoms in total. The smallest absolute Gasteiger partial charge is 0.321 e. The van der Waals surface area contributed by atoms with Gasteiger partial charge in [0.15, 0.2) is 0 Å². The van der Waals surface area contributed by atoms with Gasteiger partial charge in [0, 0.05) is 7.11 Å². The maximum atomic E-state index is 12.3. The fraction of sp³-hybridized carbons (Fsp3) is 1.00. The molecule has 0 aromatic rings. The highest BCUT2D eigenvalue weighted by Gasteiger charge is 2.35. The van der Waals surface area contributed by atoms with Gasteiger partial charge in [-0.1, -0.05) is 0 Å². The first kappa shape index (κ1) is 12.0. The Labute approximate surface area is 77.7 Å². The van der Waals surface area contributed by atoms with Crippen molar-refractivity contribution in [3.05, 3.63) is 0 Å². The van der Waals surface area contributed by atoms with Gasteiger partial charge in [-0.3, -0.25) is 4.52 Å². The standard InChI is InChI=1S/C3H5Cl2F2O2PS/c1-8-10(5,11)9-3(6,7)2-4/h2H2,1H3. The first-order valence-corrected chi connectivity index (χ1v) is 6.41. The third-order valence-corrected chi connectivity index (χ3v) is 3.14. The second-order valence-corrected chi connectivity index (χ2v) is 6.53. The van der Waals surface area contributed by atoms with Crippen LogP contribution in [0.25, 0.3) is 0 Å². The van der Waals surface area contributed by atoms with E-state index in [-0.39, 0.29) is 0 Å². The maximum Gasteiger partial charge on any atom is 0.375 e. The van der Waals surface area contributed by atoms with Crippen LogP contribution >= 0.6 is 28.7 Å². The lowest BCUT2D eigenvalue weighted by Crippen LogP contribution is -2.20. The fourth-order valence-corrected chi connectivity index (χ4v) is 1.44. The van der Waals surface area contributed by atoms with E-state index in [0.29, 0.717) is 0 Å². The van der Waals surface area contributed by atoms with Gasteiger partial charge in [-0.25, -0.2) is 0 Å². The molecule has 0 heterocycles. The first-order valence-electron chi connectivity index (χ1n) is 2.33. The van der Waals surface area contributed by atoms with E-state index in [1.165, 1.54) is 0 Å². The van der Waals surface area contributed by atoms with Gasteiger partial charge in [0.1, 0.15) is 5.88 Å². The van der Waals surface area contributed by atoms with Crippen molar-refractivity contribution in [2.75, 3.05) is 13.0 Å². The van der Waals surface area contributed by atoms with Gasteiger partial charge in [-0.2, -0.15) is 8.78 Å². The van der Waals surface area contributed by atoms with Gasteiger partial charge in [0.05, 0.1) is 0 Å². The van der Waals surface area contributed by atoms with Crippen molar-refractivity contribution in [2.45, 2.75) is 6.11 Å². The van der Waals surface area contributed by atoms with Crippen LogP contribution in [-0.4, -0.2) is 19.1 Å². The van der Waals surface area contributed by atoms with Crippen LogP contribution < -0.4 is 0 Å². The summed E-state index contributed by atoms with van der Waals surface area (Å²) in [6.07, 6.45) is -3.52. The maximum absolute atomic E-state index is 12.3. The second kappa shape index (κ2) is 4.30. The van der Waals surface area contributed by atoms with Gasteiger partial charge >= 0.3 is 6.11 Å². The lowest BCUT2D eigenvalue weighted by Gasteiger charge is -2.18. The van der Waals surface area contributed by atoms with Crippen LogP contribution in [0.4, 0.5) is 8.78 Å². The minimum atomic E-state index is -3.52. The Bertz CT molecular complexity index is 179. The highest BCUT2D eigenvalue weighted by Crippen LogP contribution is 2.56. The molecule has 0 saturated heterocycles. The largest absolute Gasteiger partial charge is 0.375 e. The Morgan fingerprint density at radius 1 is 1.64 bits per heavy atom. The summed E-state index contributed by atoms with van der Waals surface area (Å²) in [5.41, 5.74) is 0. The molecule has 0 radical (unpaired) electrons. The molecule has 0 aromatic carbocycles. The van der Waals surface area contributed by atoms with Gasteiger partial charge in [0.25, 0.3) is 5.84 Å². The summed E-state index contributed by atoms with van der Waals surface area (Å²) in [7, 11) is 1.10. The van der Waals surface area contributed by atoms with Crippen LogP contribution in [0.3, 0.4) is 0 Å². The molecule has 0 aliphatic carbocycles. The predicted octanol–water partition coefficient (Wildman–Crippen LogP) is 2.94. The van der Waals surface area contributed by atoms with E-state index in [9.17, 15) is 8.78 Å². The van der Waals surface area contributed by atoms with Gasteiger partial charge < -0.3 is 4.52 Å². The van der Waals surface area contributed by atoms with Gasteiger partial charge in [-0.05, 0) is 23.0 Å². The molecule has 0 fully saturated rings. The minimum Gasteiger partial charge on any atom is -0.321 e. The molecule has 1 unspecified atom stereocenters. The molecule has 0 spiro atoms. The Balaban J connectivity index is 4.14. The van der Waals surface area contributed by atoms with E-state index < -0.39 is 17.8 Å². The van der Waals surface area contributed by atoms with Gasteiger partial charge in [0.2, 0.25) is 0 Å². The van der Waals surface area contributed by atoms with Crippen LogP contribution in [-0.2, 0) is 20.9 Å². The van der Waals surface area contributed by atoms with E-state index in [2.05, 4.69) is 20.9 Å². The molecule has 0 aromatic heterocycles. The molecule has 0 amide bonds. The molecule has 1 atom stereocenters. The van der Waals surface area contributed by atoms with Crippen molar-refractivity contribution in [2.24, 2.45) is 0 Å². The molecule has 0 rings (SSSR count). The summed E-state index contributed by atoms with van der Waals surface area (Å²) in [4.78, 5) is 0. The van der Waals surface area contributed by atoms with Crippen molar-refractivity contribution in [1.82, 2.24) is 0 Å². The molecule has 0 saturated carbocycles. The lowest BCUT2D eigenvalue weighted by atomic mass is 10.8. The zero-order valence-corrected chi connectivity index (χ0v) is 8.61. The van der Waals surface area contributed by atoms with Crippen molar-refractivity contribution < 1.29 is 17.8 Å². The van der Waals surface area contributed by atoms with E-state index >= 15 is 0 Å². The van der Waals surface area contributed by atoms with E-state index in [0.717, 1.165) is 7.11 Å². The van der Waals surface area contributed by atoms with E-state index in [4.69, 9.17) is 22.8 Å². The van der Waals surface area contributed by atoms with Crippen molar-refractivity contribution >= 4 is 40.5 Å². The second-order valence-electron chi connectivity index (χ2n) is 1.48. The summed E-state index contributed by atoms with van der Waals surface area (Å²) in [6.45, 7) is 0. The number of hydrogen-bond acceptors (Lipinski definition) is 3. The number of alkyl halides is 3. The zero-order chi connectivity index (χ0) is 9.12. The molecule has 11 heavy (non-hydrogen) atoms. The summed E-state index contributed by atoms with van der Waals surface area (Å²) in [5, 5.41) is 0. The van der Waals surface area contributed by atoms with E-state index in [1.807, 2.05) is 0 Å². The van der Waals surface area contributed by atoms with Crippen molar-refractivity contribution in [3.8, 4) is 0 Å². The fourth-order valence-electron chi connectivity index (χ4n) is 0.221. The molecule has 0 N–H and O–H groups in total. The highest BCUT2D eigenvalue weighted by molar-refractivity contribution is 8.22. The summed E-state index contributed by atoms with van der Waals surface area (Å²) < 4.78 is 32.8. The highest BCUT2D eigenvalue weighted by atomic mass is 35.7. The number of hydrogen-bond donors (Lipinski definition) is 0. The van der Waals surface area contributed by atoms with Crippen LogP contribution in [0.15, 0.2) is 0 Å². The lowest BCUT2D eigenvalue weighted by molar-refractivity contribution is -0.153. The van der Waals surface area contributed by atoms with Crippen molar-refractivity contribution in [3.63, 3.8) is 0 Å². The normalized spacial score (nSPS) is 17.9.